The maximum absolute atomic E-state index is 12.5. The van der Waals surface area contributed by atoms with E-state index < -0.39 is 10.9 Å². The molecule has 1 aliphatic carbocycles. The molecule has 0 spiro atoms. The van der Waals surface area contributed by atoms with Crippen molar-refractivity contribution in [2.45, 2.75) is 24.2 Å². The fourth-order valence-corrected chi connectivity index (χ4v) is 4.17. The number of esters is 1. The molecule has 0 aliphatic heterocycles. The van der Waals surface area contributed by atoms with Crippen LogP contribution in [-0.2, 0) is 14.3 Å². The molecule has 0 unspecified atom stereocenters. The predicted octanol–water partition coefficient (Wildman–Crippen LogP) is 4.93. The number of nitrogens with zero attached hydrogens (tertiary/aromatic N) is 1. The lowest BCUT2D eigenvalue weighted by Gasteiger charge is -2.18. The van der Waals surface area contributed by atoms with Crippen molar-refractivity contribution >= 4 is 35.3 Å². The number of hydrogen-bond donors (Lipinski definition) is 0. The van der Waals surface area contributed by atoms with E-state index in [9.17, 15) is 19.7 Å². The SMILES string of the molecule is COc1ccc(/C=C/C(=O)OC2=C(Sc3ccccc3[N+](=O)[O-])C(=O)CCC2)cc1OC. The third-order valence-electron chi connectivity index (χ3n) is 4.63. The minimum atomic E-state index is -0.648. The number of Topliss-reactive ketones (excluding diaryl/α,β-unsaturated/α-hetero) is 1. The second-order valence-electron chi connectivity index (χ2n) is 6.72. The largest absolute Gasteiger partial charge is 0.493 e. The van der Waals surface area contributed by atoms with Crippen LogP contribution in [0.15, 0.2) is 64.1 Å². The number of nitro benzene ring substituents is 1. The Morgan fingerprint density at radius 3 is 2.56 bits per heavy atom. The number of methoxy groups -OCH3 is 2. The first-order chi connectivity index (χ1) is 15.4. The summed E-state index contributed by atoms with van der Waals surface area (Å²) in [5.41, 5.74) is 0.588. The molecule has 2 aromatic rings. The van der Waals surface area contributed by atoms with Crippen LogP contribution >= 0.6 is 11.8 Å². The number of allylic oxidation sites excluding steroid dienone is 2. The zero-order valence-corrected chi connectivity index (χ0v) is 18.3. The number of ether oxygens (including phenoxy) is 3. The van der Waals surface area contributed by atoms with E-state index in [-0.39, 0.29) is 22.1 Å². The summed E-state index contributed by atoms with van der Waals surface area (Å²) in [6.45, 7) is 0. The highest BCUT2D eigenvalue weighted by molar-refractivity contribution is 8.04. The van der Waals surface area contributed by atoms with Gasteiger partial charge in [-0.2, -0.15) is 0 Å². The third kappa shape index (κ3) is 5.55. The fourth-order valence-electron chi connectivity index (χ4n) is 3.08. The monoisotopic (exact) mass is 455 g/mol. The summed E-state index contributed by atoms with van der Waals surface area (Å²) in [5.74, 6) is 0.462. The summed E-state index contributed by atoms with van der Waals surface area (Å²) >= 11 is 0.958. The minimum absolute atomic E-state index is 0.109. The molecule has 0 fully saturated rings. The number of hydrogen-bond acceptors (Lipinski definition) is 8. The molecule has 8 nitrogen and oxygen atoms in total. The molecule has 0 heterocycles. The van der Waals surface area contributed by atoms with Crippen molar-refractivity contribution in [2.24, 2.45) is 0 Å². The Labute approximate surface area is 189 Å². The van der Waals surface area contributed by atoms with Crippen LogP contribution in [0, 0.1) is 10.1 Å². The predicted molar refractivity (Wildman–Crippen MR) is 120 cm³/mol. The van der Waals surface area contributed by atoms with Crippen molar-refractivity contribution in [1.29, 1.82) is 0 Å². The lowest BCUT2D eigenvalue weighted by Crippen LogP contribution is -2.13. The summed E-state index contributed by atoms with van der Waals surface area (Å²) in [7, 11) is 3.05. The number of para-hydroxylation sites is 1. The zero-order valence-electron chi connectivity index (χ0n) is 17.5. The standard InChI is InChI=1S/C23H21NO7S/c1-29-18-12-10-15(14-20(18)30-2)11-13-22(26)31-19-8-5-7-17(25)23(19)32-21-9-4-3-6-16(21)24(27)28/h3-4,6,9-14H,5,7-8H2,1-2H3/b13-11+. The normalized spacial score (nSPS) is 13.9. The van der Waals surface area contributed by atoms with Gasteiger partial charge < -0.3 is 14.2 Å². The summed E-state index contributed by atoms with van der Waals surface area (Å²) in [5, 5.41) is 11.3. The number of nitro groups is 1. The van der Waals surface area contributed by atoms with Gasteiger partial charge in [0, 0.05) is 25.0 Å². The van der Waals surface area contributed by atoms with Gasteiger partial charge in [0.25, 0.3) is 5.69 Å². The van der Waals surface area contributed by atoms with E-state index in [2.05, 4.69) is 0 Å². The number of thioether (sulfide) groups is 1. The van der Waals surface area contributed by atoms with Crippen LogP contribution in [-0.4, -0.2) is 30.9 Å². The van der Waals surface area contributed by atoms with Crippen LogP contribution in [0.3, 0.4) is 0 Å². The number of rotatable bonds is 8. The highest BCUT2D eigenvalue weighted by atomic mass is 32.2. The van der Waals surface area contributed by atoms with Crippen molar-refractivity contribution in [3.63, 3.8) is 0 Å². The van der Waals surface area contributed by atoms with Crippen molar-refractivity contribution in [2.75, 3.05) is 14.2 Å². The second-order valence-corrected chi connectivity index (χ2v) is 7.78. The highest BCUT2D eigenvalue weighted by Crippen LogP contribution is 2.39. The Morgan fingerprint density at radius 1 is 1.09 bits per heavy atom. The van der Waals surface area contributed by atoms with E-state index >= 15 is 0 Å². The first-order valence-electron chi connectivity index (χ1n) is 9.72. The van der Waals surface area contributed by atoms with Crippen molar-refractivity contribution < 1.29 is 28.7 Å². The molecule has 0 aromatic heterocycles. The van der Waals surface area contributed by atoms with Gasteiger partial charge in [-0.25, -0.2) is 4.79 Å². The fraction of sp³-hybridized carbons (Fsp3) is 0.217. The van der Waals surface area contributed by atoms with E-state index in [1.165, 1.54) is 26.4 Å². The summed E-state index contributed by atoms with van der Waals surface area (Å²) in [6, 6.07) is 11.3. The molecule has 2 aromatic carbocycles. The van der Waals surface area contributed by atoms with Gasteiger partial charge >= 0.3 is 5.97 Å². The number of ketones is 1. The van der Waals surface area contributed by atoms with Gasteiger partial charge in [0.1, 0.15) is 5.76 Å². The molecule has 9 heteroatoms. The van der Waals surface area contributed by atoms with Crippen molar-refractivity contribution in [3.05, 3.63) is 74.9 Å². The van der Waals surface area contributed by atoms with E-state index in [1.807, 2.05) is 0 Å². The molecule has 166 valence electrons. The number of carbonyl (C=O) groups is 2. The summed E-state index contributed by atoms with van der Waals surface area (Å²) in [6.07, 6.45) is 4.04. The van der Waals surface area contributed by atoms with E-state index in [0.717, 1.165) is 11.8 Å². The Balaban J connectivity index is 1.80. The molecule has 1 aliphatic rings. The molecule has 0 atom stereocenters. The minimum Gasteiger partial charge on any atom is -0.493 e. The lowest BCUT2D eigenvalue weighted by molar-refractivity contribution is -0.387. The third-order valence-corrected chi connectivity index (χ3v) is 5.86. The zero-order chi connectivity index (χ0) is 23.1. The Bertz CT molecular complexity index is 1110. The maximum Gasteiger partial charge on any atom is 0.335 e. The van der Waals surface area contributed by atoms with Gasteiger partial charge in [0.2, 0.25) is 0 Å². The molecular weight excluding hydrogens is 434 g/mol. The Morgan fingerprint density at radius 2 is 1.84 bits per heavy atom. The van der Waals surface area contributed by atoms with Crippen LogP contribution in [0.4, 0.5) is 5.69 Å². The van der Waals surface area contributed by atoms with E-state index in [1.54, 1.807) is 42.5 Å². The van der Waals surface area contributed by atoms with Crippen LogP contribution < -0.4 is 9.47 Å². The van der Waals surface area contributed by atoms with Crippen LogP contribution in [0.5, 0.6) is 11.5 Å². The number of benzene rings is 2. The van der Waals surface area contributed by atoms with Gasteiger partial charge in [0.05, 0.1) is 28.9 Å². The molecule has 0 N–H and O–H groups in total. The first-order valence-corrected chi connectivity index (χ1v) is 10.5. The van der Waals surface area contributed by atoms with Gasteiger partial charge in [0.15, 0.2) is 17.3 Å². The van der Waals surface area contributed by atoms with E-state index in [0.29, 0.717) is 41.2 Å². The maximum atomic E-state index is 12.5. The molecule has 0 radical (unpaired) electrons. The first kappa shape index (κ1) is 23.1. The van der Waals surface area contributed by atoms with Crippen LogP contribution in [0.2, 0.25) is 0 Å². The van der Waals surface area contributed by atoms with Crippen LogP contribution in [0.1, 0.15) is 24.8 Å². The summed E-state index contributed by atoms with van der Waals surface area (Å²) < 4.78 is 15.9. The van der Waals surface area contributed by atoms with Gasteiger partial charge in [-0.15, -0.1) is 0 Å². The Hall–Kier alpha value is -3.59. The number of carbonyl (C=O) groups excluding carboxylic acids is 2. The lowest BCUT2D eigenvalue weighted by atomic mass is 10.0. The Kier molecular flexibility index (Phi) is 7.67. The average Bonchev–Trinajstić information content (AvgIpc) is 2.79. The average molecular weight is 455 g/mol. The molecule has 0 amide bonds. The molecule has 0 bridgehead atoms. The molecular formula is C23H21NO7S. The van der Waals surface area contributed by atoms with Crippen molar-refractivity contribution in [3.8, 4) is 11.5 Å². The van der Waals surface area contributed by atoms with Gasteiger partial charge in [-0.05, 0) is 36.3 Å². The topological polar surface area (TPSA) is 105 Å². The second kappa shape index (κ2) is 10.6. The summed E-state index contributed by atoms with van der Waals surface area (Å²) in [4.78, 5) is 36.2. The van der Waals surface area contributed by atoms with E-state index in [4.69, 9.17) is 14.2 Å². The molecule has 32 heavy (non-hydrogen) atoms. The quantitative estimate of drug-likeness (QED) is 0.239. The molecule has 3 rings (SSSR count). The molecule has 0 saturated heterocycles. The molecule has 0 saturated carbocycles. The smallest absolute Gasteiger partial charge is 0.335 e. The van der Waals surface area contributed by atoms with Crippen LogP contribution in [0.25, 0.3) is 6.08 Å². The highest BCUT2D eigenvalue weighted by Gasteiger charge is 2.26. The van der Waals surface area contributed by atoms with Gasteiger partial charge in [-0.1, -0.05) is 30.0 Å². The van der Waals surface area contributed by atoms with Crippen molar-refractivity contribution in [1.82, 2.24) is 0 Å². The van der Waals surface area contributed by atoms with Gasteiger partial charge in [-0.3, -0.25) is 14.9 Å².